The molecule has 0 aliphatic carbocycles. The predicted molar refractivity (Wildman–Crippen MR) is 89.1 cm³/mol. The van der Waals surface area contributed by atoms with Crippen molar-refractivity contribution in [3.05, 3.63) is 54.7 Å². The lowest BCUT2D eigenvalue weighted by molar-refractivity contribution is -0.116. The molecular weight excluding hydrogens is 322 g/mol. The van der Waals surface area contributed by atoms with Crippen LogP contribution >= 0.6 is 0 Å². The monoisotopic (exact) mass is 335 g/mol. The van der Waals surface area contributed by atoms with Crippen LogP contribution in [0.5, 0.6) is 11.8 Å². The van der Waals surface area contributed by atoms with Crippen molar-refractivity contribution in [3.8, 4) is 11.8 Å². The number of anilines is 1. The Bertz CT molecular complexity index is 993. The summed E-state index contributed by atoms with van der Waals surface area (Å²) in [5.41, 5.74) is 1.57. The number of nitrogens with zero attached hydrogens (tertiary/aromatic N) is 5. The van der Waals surface area contributed by atoms with Gasteiger partial charge in [-0.1, -0.05) is 28.4 Å². The lowest BCUT2D eigenvalue weighted by Gasteiger charge is -2.07. The summed E-state index contributed by atoms with van der Waals surface area (Å²) >= 11 is 0. The number of hydrogen-bond donors (Lipinski definition) is 2. The van der Waals surface area contributed by atoms with E-state index in [9.17, 15) is 4.79 Å². The number of H-pyrrole nitrogens is 1. The van der Waals surface area contributed by atoms with E-state index in [0.29, 0.717) is 11.4 Å². The number of aromatic nitrogens is 6. The summed E-state index contributed by atoms with van der Waals surface area (Å²) in [6.45, 7) is 0.134. The van der Waals surface area contributed by atoms with Crippen LogP contribution in [0.25, 0.3) is 10.9 Å². The van der Waals surface area contributed by atoms with Gasteiger partial charge in [-0.15, -0.1) is 0 Å². The maximum atomic E-state index is 12.2. The second-order valence-electron chi connectivity index (χ2n) is 5.23. The molecule has 9 heteroatoms. The molecule has 0 saturated carbocycles. The van der Waals surface area contributed by atoms with Gasteiger partial charge in [0.1, 0.15) is 12.3 Å². The van der Waals surface area contributed by atoms with Crippen LogP contribution in [0.15, 0.2) is 54.7 Å². The number of fused-ring (bicyclic) bond motifs is 1. The minimum Gasteiger partial charge on any atom is -0.422 e. The van der Waals surface area contributed by atoms with Crippen LogP contribution in [0.3, 0.4) is 0 Å². The van der Waals surface area contributed by atoms with E-state index in [1.807, 2.05) is 24.3 Å². The van der Waals surface area contributed by atoms with E-state index in [2.05, 4.69) is 31.0 Å². The van der Waals surface area contributed by atoms with Crippen LogP contribution in [0.2, 0.25) is 0 Å². The molecule has 2 aromatic carbocycles. The van der Waals surface area contributed by atoms with E-state index in [0.717, 1.165) is 10.9 Å². The molecule has 2 aromatic heterocycles. The number of amides is 1. The average molecular weight is 335 g/mol. The third kappa shape index (κ3) is 3.29. The summed E-state index contributed by atoms with van der Waals surface area (Å²) in [6, 6.07) is 14.7. The normalized spacial score (nSPS) is 10.7. The van der Waals surface area contributed by atoms with E-state index in [4.69, 9.17) is 4.74 Å². The Morgan fingerprint density at radius 3 is 2.80 bits per heavy atom. The van der Waals surface area contributed by atoms with Gasteiger partial charge in [0.05, 0.1) is 11.7 Å². The molecule has 0 saturated heterocycles. The highest BCUT2D eigenvalue weighted by Crippen LogP contribution is 2.19. The summed E-state index contributed by atoms with van der Waals surface area (Å²) in [4.78, 5) is 12.2. The SMILES string of the molecule is O=C(Cn1ncc2ccccc21)Nc1ccc(Oc2nn[nH]n2)cc1. The van der Waals surface area contributed by atoms with E-state index < -0.39 is 0 Å². The van der Waals surface area contributed by atoms with Crippen LogP contribution < -0.4 is 10.1 Å². The molecule has 0 atom stereocenters. The van der Waals surface area contributed by atoms with Crippen molar-refractivity contribution in [3.63, 3.8) is 0 Å². The van der Waals surface area contributed by atoms with Crippen LogP contribution in [0, 0.1) is 0 Å². The summed E-state index contributed by atoms with van der Waals surface area (Å²) in [5, 5.41) is 21.2. The van der Waals surface area contributed by atoms with Crippen LogP contribution in [-0.4, -0.2) is 36.3 Å². The Morgan fingerprint density at radius 2 is 2.00 bits per heavy atom. The molecule has 0 bridgehead atoms. The van der Waals surface area contributed by atoms with Crippen LogP contribution in [-0.2, 0) is 11.3 Å². The fraction of sp³-hybridized carbons (Fsp3) is 0.0625. The zero-order chi connectivity index (χ0) is 17.1. The van der Waals surface area contributed by atoms with Gasteiger partial charge in [0.2, 0.25) is 5.91 Å². The van der Waals surface area contributed by atoms with Gasteiger partial charge in [-0.05, 0) is 35.5 Å². The van der Waals surface area contributed by atoms with Gasteiger partial charge < -0.3 is 10.1 Å². The van der Waals surface area contributed by atoms with Gasteiger partial charge in [-0.2, -0.15) is 10.3 Å². The first kappa shape index (κ1) is 14.8. The quantitative estimate of drug-likeness (QED) is 0.577. The Kier molecular flexibility index (Phi) is 3.79. The number of benzene rings is 2. The first-order chi connectivity index (χ1) is 12.3. The molecule has 124 valence electrons. The van der Waals surface area contributed by atoms with Gasteiger partial charge in [0.15, 0.2) is 0 Å². The Hall–Kier alpha value is -3.75. The molecule has 2 heterocycles. The van der Waals surface area contributed by atoms with E-state index in [-0.39, 0.29) is 18.5 Å². The van der Waals surface area contributed by atoms with Crippen LogP contribution in [0.4, 0.5) is 5.69 Å². The van der Waals surface area contributed by atoms with Crippen LogP contribution in [0.1, 0.15) is 0 Å². The molecule has 9 nitrogen and oxygen atoms in total. The Balaban J connectivity index is 1.40. The van der Waals surface area contributed by atoms with Crippen molar-refractivity contribution in [2.75, 3.05) is 5.32 Å². The molecule has 4 rings (SSSR count). The van der Waals surface area contributed by atoms with Gasteiger partial charge in [0.25, 0.3) is 0 Å². The number of rotatable bonds is 5. The Labute approximate surface area is 141 Å². The summed E-state index contributed by atoms with van der Waals surface area (Å²) in [6.07, 6.45) is 1.74. The zero-order valence-corrected chi connectivity index (χ0v) is 13.0. The highest BCUT2D eigenvalue weighted by Gasteiger charge is 2.08. The topological polar surface area (TPSA) is 111 Å². The number of para-hydroxylation sites is 1. The van der Waals surface area contributed by atoms with E-state index in [1.165, 1.54) is 0 Å². The first-order valence-electron chi connectivity index (χ1n) is 7.50. The number of aromatic amines is 1. The smallest absolute Gasteiger partial charge is 0.361 e. The molecule has 0 aliphatic rings. The molecule has 25 heavy (non-hydrogen) atoms. The Morgan fingerprint density at radius 1 is 1.16 bits per heavy atom. The molecule has 0 aliphatic heterocycles. The average Bonchev–Trinajstić information content (AvgIpc) is 3.27. The maximum absolute atomic E-state index is 12.2. The fourth-order valence-corrected chi connectivity index (χ4v) is 2.40. The minimum atomic E-state index is -0.166. The van der Waals surface area contributed by atoms with Crippen molar-refractivity contribution in [2.24, 2.45) is 0 Å². The highest BCUT2D eigenvalue weighted by molar-refractivity contribution is 5.91. The number of carbonyl (C=O) groups excluding carboxylic acids is 1. The number of ether oxygens (including phenoxy) is 1. The van der Waals surface area contributed by atoms with E-state index in [1.54, 1.807) is 35.1 Å². The van der Waals surface area contributed by atoms with Crippen molar-refractivity contribution >= 4 is 22.5 Å². The fourth-order valence-electron chi connectivity index (χ4n) is 2.40. The van der Waals surface area contributed by atoms with Crippen molar-refractivity contribution in [1.82, 2.24) is 30.4 Å². The van der Waals surface area contributed by atoms with Gasteiger partial charge in [0, 0.05) is 11.1 Å². The summed E-state index contributed by atoms with van der Waals surface area (Å²) < 4.78 is 7.03. The minimum absolute atomic E-state index is 0.127. The standard InChI is InChI=1S/C16H13N7O2/c24-15(10-23-14-4-2-1-3-11(14)9-17-23)18-12-5-7-13(8-6-12)25-16-19-21-22-20-16/h1-9H,10H2,(H,18,24)(H,19,20,21,22). The predicted octanol–water partition coefficient (Wildman–Crippen LogP) is 1.98. The lowest BCUT2D eigenvalue weighted by atomic mass is 10.2. The second kappa shape index (κ2) is 6.40. The van der Waals surface area contributed by atoms with Crippen molar-refractivity contribution in [2.45, 2.75) is 6.54 Å². The summed E-state index contributed by atoms with van der Waals surface area (Å²) in [5.74, 6) is 0.373. The zero-order valence-electron chi connectivity index (χ0n) is 13.0. The number of hydrogen-bond acceptors (Lipinski definition) is 6. The second-order valence-corrected chi connectivity index (χ2v) is 5.23. The van der Waals surface area contributed by atoms with Gasteiger partial charge >= 0.3 is 6.01 Å². The maximum Gasteiger partial charge on any atom is 0.361 e. The molecule has 0 spiro atoms. The lowest BCUT2D eigenvalue weighted by Crippen LogP contribution is -2.19. The molecular formula is C16H13N7O2. The molecule has 2 N–H and O–H groups in total. The van der Waals surface area contributed by atoms with E-state index >= 15 is 0 Å². The largest absolute Gasteiger partial charge is 0.422 e. The number of carbonyl (C=O) groups is 1. The molecule has 0 fully saturated rings. The third-order valence-electron chi connectivity index (χ3n) is 3.52. The molecule has 1 amide bonds. The molecule has 0 unspecified atom stereocenters. The molecule has 4 aromatic rings. The highest BCUT2D eigenvalue weighted by atomic mass is 16.5. The van der Waals surface area contributed by atoms with Gasteiger partial charge in [-0.25, -0.2) is 0 Å². The first-order valence-corrected chi connectivity index (χ1v) is 7.50. The number of nitrogens with one attached hydrogen (secondary N) is 2. The number of tetrazole rings is 1. The van der Waals surface area contributed by atoms with Crippen molar-refractivity contribution < 1.29 is 9.53 Å². The van der Waals surface area contributed by atoms with Gasteiger partial charge in [-0.3, -0.25) is 9.48 Å². The summed E-state index contributed by atoms with van der Waals surface area (Å²) in [7, 11) is 0. The van der Waals surface area contributed by atoms with Crippen molar-refractivity contribution in [1.29, 1.82) is 0 Å². The molecule has 0 radical (unpaired) electrons. The third-order valence-corrected chi connectivity index (χ3v) is 3.52.